The number of alkyl halides is 3. The van der Waals surface area contributed by atoms with E-state index < -0.39 is 12.1 Å². The first-order valence-corrected chi connectivity index (χ1v) is 7.57. The topological polar surface area (TPSA) is 77.8 Å². The number of hydrogen-bond donors (Lipinski definition) is 1. The number of benzene rings is 2. The molecule has 0 aliphatic carbocycles. The van der Waals surface area contributed by atoms with E-state index >= 15 is 0 Å². The van der Waals surface area contributed by atoms with Crippen LogP contribution in [0, 0.1) is 0 Å². The molecule has 26 heavy (non-hydrogen) atoms. The Morgan fingerprint density at radius 3 is 2.27 bits per heavy atom. The van der Waals surface area contributed by atoms with Gasteiger partial charge < -0.3 is 10.3 Å². The van der Waals surface area contributed by atoms with Crippen LogP contribution in [0.3, 0.4) is 0 Å². The Morgan fingerprint density at radius 2 is 1.58 bits per heavy atom. The molecule has 5 nitrogen and oxygen atoms in total. The van der Waals surface area contributed by atoms with Crippen molar-refractivity contribution in [2.24, 2.45) is 0 Å². The van der Waals surface area contributed by atoms with Gasteiger partial charge in [-0.05, 0) is 41.5 Å². The minimum Gasteiger partial charge on any atom is -0.399 e. The van der Waals surface area contributed by atoms with Crippen molar-refractivity contribution in [1.82, 2.24) is 15.1 Å². The maximum absolute atomic E-state index is 12.6. The second kappa shape index (κ2) is 5.83. The van der Waals surface area contributed by atoms with Crippen LogP contribution in [-0.4, -0.2) is 15.1 Å². The highest BCUT2D eigenvalue weighted by Crippen LogP contribution is 2.30. The lowest BCUT2D eigenvalue weighted by molar-refractivity contribution is -0.159. The van der Waals surface area contributed by atoms with E-state index in [-0.39, 0.29) is 5.82 Å². The van der Waals surface area contributed by atoms with Crippen LogP contribution in [0.25, 0.3) is 33.4 Å². The van der Waals surface area contributed by atoms with Crippen LogP contribution in [0.1, 0.15) is 5.89 Å². The summed E-state index contributed by atoms with van der Waals surface area (Å²) in [4.78, 5) is 7.65. The molecule has 130 valence electrons. The monoisotopic (exact) mass is 356 g/mol. The minimum atomic E-state index is -4.68. The Bertz CT molecular complexity index is 1090. The van der Waals surface area contributed by atoms with Gasteiger partial charge in [0.05, 0.1) is 5.52 Å². The van der Waals surface area contributed by atoms with Gasteiger partial charge in [-0.2, -0.15) is 18.2 Å². The number of aromatic nitrogens is 3. The molecule has 0 bridgehead atoms. The SMILES string of the molecule is Nc1ccc(-c2ccc3ncc(-c4noc(C(F)(F)F)n4)cc3c2)cc1. The lowest BCUT2D eigenvalue weighted by Crippen LogP contribution is -2.04. The highest BCUT2D eigenvalue weighted by atomic mass is 19.4. The summed E-state index contributed by atoms with van der Waals surface area (Å²) in [6.45, 7) is 0. The Balaban J connectivity index is 1.76. The summed E-state index contributed by atoms with van der Waals surface area (Å²) in [6.07, 6.45) is -3.27. The number of nitrogens with zero attached hydrogens (tertiary/aromatic N) is 3. The minimum absolute atomic E-state index is 0.162. The van der Waals surface area contributed by atoms with E-state index in [4.69, 9.17) is 5.73 Å². The van der Waals surface area contributed by atoms with Crippen LogP contribution >= 0.6 is 0 Å². The number of halogens is 3. The van der Waals surface area contributed by atoms with E-state index in [1.54, 1.807) is 18.2 Å². The van der Waals surface area contributed by atoms with Crippen molar-refractivity contribution < 1.29 is 17.7 Å². The zero-order valence-corrected chi connectivity index (χ0v) is 13.2. The number of pyridine rings is 1. The Hall–Kier alpha value is -3.42. The van der Waals surface area contributed by atoms with Crippen molar-refractivity contribution >= 4 is 16.6 Å². The summed E-state index contributed by atoms with van der Waals surface area (Å²) in [6, 6.07) is 14.7. The Labute approximate surface area is 145 Å². The van der Waals surface area contributed by atoms with Crippen LogP contribution < -0.4 is 5.73 Å². The predicted molar refractivity (Wildman–Crippen MR) is 89.9 cm³/mol. The molecule has 0 atom stereocenters. The van der Waals surface area contributed by atoms with Gasteiger partial charge in [0, 0.05) is 22.8 Å². The average molecular weight is 356 g/mol. The molecule has 0 amide bonds. The lowest BCUT2D eigenvalue weighted by Gasteiger charge is -2.05. The van der Waals surface area contributed by atoms with Crippen molar-refractivity contribution in [2.45, 2.75) is 6.18 Å². The molecule has 0 radical (unpaired) electrons. The molecule has 0 saturated heterocycles. The van der Waals surface area contributed by atoms with Crippen LogP contribution in [-0.2, 0) is 6.18 Å². The van der Waals surface area contributed by atoms with Crippen LogP contribution in [0.5, 0.6) is 0 Å². The van der Waals surface area contributed by atoms with Crippen molar-refractivity contribution in [2.75, 3.05) is 5.73 Å². The second-order valence-electron chi connectivity index (χ2n) is 5.67. The van der Waals surface area contributed by atoms with Crippen LogP contribution in [0.15, 0.2) is 59.3 Å². The zero-order valence-electron chi connectivity index (χ0n) is 13.2. The number of nitrogens with two attached hydrogens (primary N) is 1. The van der Waals surface area contributed by atoms with Crippen LogP contribution in [0.2, 0.25) is 0 Å². The number of anilines is 1. The van der Waals surface area contributed by atoms with E-state index in [9.17, 15) is 13.2 Å². The first-order valence-electron chi connectivity index (χ1n) is 7.57. The third-order valence-electron chi connectivity index (χ3n) is 3.85. The van der Waals surface area contributed by atoms with Gasteiger partial charge >= 0.3 is 12.1 Å². The van der Waals surface area contributed by atoms with Crippen molar-refractivity contribution in [3.05, 3.63) is 60.6 Å². The normalized spacial score (nSPS) is 11.8. The van der Waals surface area contributed by atoms with Gasteiger partial charge in [0.15, 0.2) is 0 Å². The molecule has 4 rings (SSSR count). The van der Waals surface area contributed by atoms with Gasteiger partial charge in [0.2, 0.25) is 5.82 Å². The molecule has 2 aromatic heterocycles. The molecule has 0 spiro atoms. The highest BCUT2D eigenvalue weighted by molar-refractivity contribution is 5.87. The van der Waals surface area contributed by atoms with Gasteiger partial charge in [0.1, 0.15) is 0 Å². The standard InChI is InChI=1S/C18H11F3N4O/c19-18(20,21)17-24-16(25-26-17)13-8-12-7-11(3-6-15(12)23-9-13)10-1-4-14(22)5-2-10/h1-9H,22H2. The molecule has 0 saturated carbocycles. The fourth-order valence-corrected chi connectivity index (χ4v) is 2.56. The highest BCUT2D eigenvalue weighted by Gasteiger charge is 2.38. The van der Waals surface area contributed by atoms with E-state index in [0.717, 1.165) is 16.5 Å². The summed E-state index contributed by atoms with van der Waals surface area (Å²) >= 11 is 0. The molecule has 8 heteroatoms. The number of hydrogen-bond acceptors (Lipinski definition) is 5. The molecule has 2 heterocycles. The molecule has 0 unspecified atom stereocenters. The molecule has 0 aliphatic heterocycles. The molecule has 2 N–H and O–H groups in total. The average Bonchev–Trinajstić information content (AvgIpc) is 3.12. The third-order valence-corrected chi connectivity index (χ3v) is 3.85. The first kappa shape index (κ1) is 16.1. The summed E-state index contributed by atoms with van der Waals surface area (Å²) in [5, 5.41) is 4.14. The molecule has 4 aromatic rings. The smallest absolute Gasteiger partial charge is 0.399 e. The summed E-state index contributed by atoms with van der Waals surface area (Å²) in [5.41, 5.74) is 9.30. The predicted octanol–water partition coefficient (Wildman–Crippen LogP) is 4.55. The summed E-state index contributed by atoms with van der Waals surface area (Å²) in [5.74, 6) is -1.55. The third kappa shape index (κ3) is 2.97. The largest absolute Gasteiger partial charge is 0.471 e. The Morgan fingerprint density at radius 1 is 0.885 bits per heavy atom. The summed E-state index contributed by atoms with van der Waals surface area (Å²) < 4.78 is 42.1. The fraction of sp³-hybridized carbons (Fsp3) is 0.0556. The van der Waals surface area contributed by atoms with Gasteiger partial charge in [-0.15, -0.1) is 0 Å². The van der Waals surface area contributed by atoms with Gasteiger partial charge in [-0.3, -0.25) is 4.98 Å². The molecule has 0 aliphatic rings. The fourth-order valence-electron chi connectivity index (χ4n) is 2.56. The van der Waals surface area contributed by atoms with Gasteiger partial charge in [-0.25, -0.2) is 0 Å². The van der Waals surface area contributed by atoms with Crippen LogP contribution in [0.4, 0.5) is 18.9 Å². The molecule has 0 fully saturated rings. The molecular weight excluding hydrogens is 345 g/mol. The van der Waals surface area contributed by atoms with Crippen molar-refractivity contribution in [1.29, 1.82) is 0 Å². The number of fused-ring (bicyclic) bond motifs is 1. The van der Waals surface area contributed by atoms with Gasteiger partial charge in [0.25, 0.3) is 0 Å². The molecular formula is C18H11F3N4O. The zero-order chi connectivity index (χ0) is 18.3. The van der Waals surface area contributed by atoms with E-state index in [0.29, 0.717) is 16.8 Å². The molecule has 2 aromatic carbocycles. The quantitative estimate of drug-likeness (QED) is 0.533. The van der Waals surface area contributed by atoms with E-state index in [1.165, 1.54) is 6.20 Å². The maximum atomic E-state index is 12.6. The van der Waals surface area contributed by atoms with Crippen molar-refractivity contribution in [3.63, 3.8) is 0 Å². The van der Waals surface area contributed by atoms with Gasteiger partial charge in [-0.1, -0.05) is 23.4 Å². The van der Waals surface area contributed by atoms with Crippen molar-refractivity contribution in [3.8, 4) is 22.5 Å². The van der Waals surface area contributed by atoms with E-state index in [1.807, 2.05) is 30.3 Å². The second-order valence-corrected chi connectivity index (χ2v) is 5.67. The maximum Gasteiger partial charge on any atom is 0.471 e. The first-order chi connectivity index (χ1) is 12.4. The summed E-state index contributed by atoms with van der Waals surface area (Å²) in [7, 11) is 0. The van der Waals surface area contributed by atoms with E-state index in [2.05, 4.69) is 19.6 Å². The lowest BCUT2D eigenvalue weighted by atomic mass is 10.0. The Kier molecular flexibility index (Phi) is 3.61. The number of rotatable bonds is 2. The number of nitrogen functional groups attached to an aromatic ring is 1.